The third-order valence-corrected chi connectivity index (χ3v) is 7.61. The van der Waals surface area contributed by atoms with Crippen LogP contribution < -0.4 is 10.2 Å². The van der Waals surface area contributed by atoms with Crippen molar-refractivity contribution < 1.29 is 18.8 Å². The van der Waals surface area contributed by atoms with Crippen LogP contribution in [-0.2, 0) is 20.4 Å². The van der Waals surface area contributed by atoms with Crippen molar-refractivity contribution in [3.05, 3.63) is 60.2 Å². The van der Waals surface area contributed by atoms with E-state index in [4.69, 9.17) is 0 Å². The van der Waals surface area contributed by atoms with Gasteiger partial charge in [0, 0.05) is 13.7 Å². The predicted octanol–water partition coefficient (Wildman–Crippen LogP) is 4.05. The van der Waals surface area contributed by atoms with E-state index in [0.29, 0.717) is 17.9 Å². The van der Waals surface area contributed by atoms with E-state index < -0.39 is 6.80 Å². The molecule has 0 aliphatic carbocycles. The summed E-state index contributed by atoms with van der Waals surface area (Å²) in [5.41, 5.74) is 0.996. The molecule has 1 unspecified atom stereocenters. The van der Waals surface area contributed by atoms with Crippen LogP contribution in [0, 0.1) is 0 Å². The van der Waals surface area contributed by atoms with Crippen molar-refractivity contribution in [2.45, 2.75) is 6.54 Å². The Kier molecular flexibility index (Phi) is 4.82. The van der Waals surface area contributed by atoms with Gasteiger partial charge < -0.3 is 14.7 Å². The van der Waals surface area contributed by atoms with Crippen LogP contribution >= 0.6 is 18.2 Å². The highest BCUT2D eigenvalue weighted by Gasteiger charge is 2.13. The zero-order chi connectivity index (χ0) is 19.0. The molecule has 1 amide bonds. The first-order valence-corrected chi connectivity index (χ1v) is 11.6. The molecule has 0 saturated carbocycles. The molecule has 0 spiro atoms. The summed E-state index contributed by atoms with van der Waals surface area (Å²) in [7, 11) is 1.09. The molecule has 4 aromatic rings. The Morgan fingerprint density at radius 1 is 1.04 bits per heavy atom. The van der Waals surface area contributed by atoms with Crippen molar-refractivity contribution in [2.75, 3.05) is 12.9 Å². The van der Waals surface area contributed by atoms with Crippen molar-refractivity contribution in [2.24, 2.45) is 0 Å². The lowest BCUT2D eigenvalue weighted by atomic mass is 9.92. The molecule has 27 heavy (non-hydrogen) atoms. The molecule has 0 fully saturated rings. The number of nitrogens with one attached hydrogen (secondary N) is 1. The molecule has 0 aromatic heterocycles. The van der Waals surface area contributed by atoms with E-state index in [1.54, 1.807) is 0 Å². The number of hydrogen-bond donors (Lipinski definition) is 1. The summed E-state index contributed by atoms with van der Waals surface area (Å²) in [5, 5.41) is 9.84. The summed E-state index contributed by atoms with van der Waals surface area (Å²) >= 11 is 0.498. The highest BCUT2D eigenvalue weighted by atomic mass is 32.7. The van der Waals surface area contributed by atoms with Gasteiger partial charge in [-0.2, -0.15) is 0 Å². The molecular weight excluding hydrogens is 381 g/mol. The molecule has 1 N–H and O–H groups in total. The monoisotopic (exact) mass is 398 g/mol. The predicted molar refractivity (Wildman–Crippen MR) is 109 cm³/mol. The van der Waals surface area contributed by atoms with Gasteiger partial charge in [-0.05, 0) is 37.9 Å². The van der Waals surface area contributed by atoms with Crippen molar-refractivity contribution in [3.63, 3.8) is 0 Å². The van der Waals surface area contributed by atoms with Crippen LogP contribution in [0.25, 0.3) is 32.3 Å². The average molecular weight is 398 g/mol. The molecular formula is C20H17NO4PS-. The first kappa shape index (κ1) is 18.3. The van der Waals surface area contributed by atoms with Gasteiger partial charge in [-0.25, -0.2) is 0 Å². The molecule has 0 bridgehead atoms. The number of hydrogen-bond acceptors (Lipinski definition) is 5. The molecule has 138 valence electrons. The molecule has 7 heteroatoms. The number of amides is 1. The lowest BCUT2D eigenvalue weighted by Gasteiger charge is -2.19. The van der Waals surface area contributed by atoms with Crippen LogP contribution in [0.3, 0.4) is 0 Å². The Balaban J connectivity index is 1.63. The second-order valence-corrected chi connectivity index (χ2v) is 10.2. The third-order valence-electron chi connectivity index (χ3n) is 4.67. The number of carbonyl (C=O) groups is 1. The SMILES string of the molecule is COP(=O)([O-])SCC(=O)NCc1ccc2ccc3cccc4ccc1c2c34. The van der Waals surface area contributed by atoms with Crippen LogP contribution in [0.15, 0.2) is 54.6 Å². The largest absolute Gasteiger partial charge is 0.770 e. The summed E-state index contributed by atoms with van der Waals surface area (Å²) < 4.78 is 15.7. The van der Waals surface area contributed by atoms with Crippen LogP contribution in [0.5, 0.6) is 0 Å². The fourth-order valence-corrected chi connectivity index (χ4v) is 5.01. The molecule has 4 aromatic carbocycles. The van der Waals surface area contributed by atoms with E-state index in [9.17, 15) is 14.3 Å². The summed E-state index contributed by atoms with van der Waals surface area (Å²) in [6, 6.07) is 18.7. The second kappa shape index (κ2) is 7.13. The van der Waals surface area contributed by atoms with E-state index in [1.807, 2.05) is 6.07 Å². The van der Waals surface area contributed by atoms with Gasteiger partial charge in [-0.3, -0.25) is 9.36 Å². The smallest absolute Gasteiger partial charge is 0.230 e. The highest BCUT2D eigenvalue weighted by molar-refractivity contribution is 8.54. The van der Waals surface area contributed by atoms with Crippen LogP contribution in [0.4, 0.5) is 0 Å². The van der Waals surface area contributed by atoms with Gasteiger partial charge in [-0.15, -0.1) is 0 Å². The van der Waals surface area contributed by atoms with Gasteiger partial charge in [0.25, 0.3) is 0 Å². The molecule has 1 atom stereocenters. The zero-order valence-corrected chi connectivity index (χ0v) is 16.3. The molecule has 0 saturated heterocycles. The summed E-state index contributed by atoms with van der Waals surface area (Å²) in [5.74, 6) is -0.542. The Bertz CT molecular complexity index is 1180. The standard InChI is InChI=1S/C20H18NO4PS/c1-25-26(23,24)27-12-18(22)21-11-16-8-7-15-6-5-13-3-2-4-14-9-10-17(16)20(15)19(13)14/h2-10H,11-12H2,1H3,(H,21,22)(H,23,24)/p-1. The quantitative estimate of drug-likeness (QED) is 0.392. The summed E-state index contributed by atoms with van der Waals surface area (Å²) in [6.07, 6.45) is 0. The van der Waals surface area contributed by atoms with E-state index in [1.165, 1.54) is 21.5 Å². The van der Waals surface area contributed by atoms with Crippen molar-refractivity contribution in [1.29, 1.82) is 0 Å². The number of benzene rings is 4. The Hall–Kier alpha value is -2.11. The van der Waals surface area contributed by atoms with E-state index in [2.05, 4.69) is 58.4 Å². The van der Waals surface area contributed by atoms with Gasteiger partial charge in [0.2, 0.25) is 5.91 Å². The normalized spacial score (nSPS) is 14.0. The first-order valence-electron chi connectivity index (χ1n) is 8.42. The van der Waals surface area contributed by atoms with Gasteiger partial charge in [0.15, 0.2) is 6.80 Å². The summed E-state index contributed by atoms with van der Waals surface area (Å²) in [6.45, 7) is -3.66. The second-order valence-electron chi connectivity index (χ2n) is 6.26. The van der Waals surface area contributed by atoms with Gasteiger partial charge in [0.05, 0.1) is 5.75 Å². The molecule has 0 heterocycles. The fraction of sp³-hybridized carbons (Fsp3) is 0.150. The number of carbonyl (C=O) groups excluding carboxylic acids is 1. The minimum atomic E-state index is -4.00. The fourth-order valence-electron chi connectivity index (χ4n) is 3.39. The molecule has 5 nitrogen and oxygen atoms in total. The van der Waals surface area contributed by atoms with Crippen molar-refractivity contribution in [1.82, 2.24) is 5.32 Å². The van der Waals surface area contributed by atoms with E-state index in [0.717, 1.165) is 23.4 Å². The minimum absolute atomic E-state index is 0.194. The van der Waals surface area contributed by atoms with Crippen molar-refractivity contribution in [3.8, 4) is 0 Å². The Morgan fingerprint density at radius 3 is 2.37 bits per heavy atom. The molecule has 0 aliphatic heterocycles. The van der Waals surface area contributed by atoms with E-state index >= 15 is 0 Å². The zero-order valence-electron chi connectivity index (χ0n) is 14.6. The lowest BCUT2D eigenvalue weighted by Crippen LogP contribution is -2.25. The Labute approximate surface area is 160 Å². The van der Waals surface area contributed by atoms with E-state index in [-0.39, 0.29) is 11.7 Å². The maximum Gasteiger partial charge on any atom is 0.230 e. The maximum atomic E-state index is 12.0. The number of rotatable bonds is 6. The molecule has 4 rings (SSSR count). The van der Waals surface area contributed by atoms with Gasteiger partial charge in [0.1, 0.15) is 0 Å². The third kappa shape index (κ3) is 3.54. The maximum absolute atomic E-state index is 12.0. The molecule has 0 aliphatic rings. The van der Waals surface area contributed by atoms with Gasteiger partial charge in [-0.1, -0.05) is 66.0 Å². The Morgan fingerprint density at radius 2 is 1.67 bits per heavy atom. The topological polar surface area (TPSA) is 78.5 Å². The van der Waals surface area contributed by atoms with Crippen LogP contribution in [-0.4, -0.2) is 18.8 Å². The average Bonchev–Trinajstić information content (AvgIpc) is 2.69. The lowest BCUT2D eigenvalue weighted by molar-refractivity contribution is -0.187. The molecule has 0 radical (unpaired) electrons. The minimum Gasteiger partial charge on any atom is -0.770 e. The highest BCUT2D eigenvalue weighted by Crippen LogP contribution is 2.50. The first-order chi connectivity index (χ1) is 13.0. The van der Waals surface area contributed by atoms with Crippen LogP contribution in [0.1, 0.15) is 5.56 Å². The summed E-state index contributed by atoms with van der Waals surface area (Å²) in [4.78, 5) is 23.3. The van der Waals surface area contributed by atoms with Crippen LogP contribution in [0.2, 0.25) is 0 Å². The van der Waals surface area contributed by atoms with Gasteiger partial charge >= 0.3 is 0 Å². The van der Waals surface area contributed by atoms with Crippen molar-refractivity contribution >= 4 is 56.4 Å².